The Morgan fingerprint density at radius 1 is 1.15 bits per heavy atom. The summed E-state index contributed by atoms with van der Waals surface area (Å²) in [6.45, 7) is 0. The van der Waals surface area contributed by atoms with E-state index >= 15 is 0 Å². The number of hydrogen-bond acceptors (Lipinski definition) is 3. The third kappa shape index (κ3) is 2.42. The highest BCUT2D eigenvalue weighted by molar-refractivity contribution is 6.17. The number of fused-ring (bicyclic) bond motifs is 1. The molecular weight excluding hydrogens is 279 g/mol. The molecule has 0 aliphatic rings. The summed E-state index contributed by atoms with van der Waals surface area (Å²) in [5.74, 6) is 0.537. The van der Waals surface area contributed by atoms with Gasteiger partial charge in [-0.15, -0.1) is 11.6 Å². The highest BCUT2D eigenvalue weighted by atomic mass is 35.5. The van der Waals surface area contributed by atoms with Crippen molar-refractivity contribution in [3.05, 3.63) is 60.2 Å². The highest BCUT2D eigenvalue weighted by Crippen LogP contribution is 2.29. The molecule has 2 heterocycles. The highest BCUT2D eigenvalue weighted by Gasteiger charge is 2.10. The molecule has 0 unspecified atom stereocenters. The van der Waals surface area contributed by atoms with Crippen LogP contribution in [0, 0.1) is 5.82 Å². The van der Waals surface area contributed by atoms with Gasteiger partial charge < -0.3 is 4.74 Å². The van der Waals surface area contributed by atoms with Gasteiger partial charge in [-0.05, 0) is 18.2 Å². The zero-order valence-electron chi connectivity index (χ0n) is 10.4. The maximum absolute atomic E-state index is 13.1. The van der Waals surface area contributed by atoms with Crippen LogP contribution in [0.4, 0.5) is 4.39 Å². The first-order valence-corrected chi connectivity index (χ1v) is 6.53. The molecule has 0 amide bonds. The molecule has 100 valence electrons. The maximum atomic E-state index is 13.1. The van der Waals surface area contributed by atoms with Crippen molar-refractivity contribution in [2.24, 2.45) is 0 Å². The lowest BCUT2D eigenvalue weighted by Gasteiger charge is -2.10. The molecule has 3 rings (SSSR count). The molecule has 0 spiro atoms. The smallest absolute Gasteiger partial charge is 0.223 e. The van der Waals surface area contributed by atoms with Crippen molar-refractivity contribution < 1.29 is 9.13 Å². The fraction of sp³-hybridized carbons (Fsp3) is 0.0667. The van der Waals surface area contributed by atoms with Crippen LogP contribution in [-0.4, -0.2) is 9.97 Å². The second-order valence-electron chi connectivity index (χ2n) is 4.18. The Hall–Kier alpha value is -2.20. The summed E-state index contributed by atoms with van der Waals surface area (Å²) in [6.07, 6.45) is 2.79. The van der Waals surface area contributed by atoms with Crippen LogP contribution in [0.3, 0.4) is 0 Å². The van der Waals surface area contributed by atoms with Gasteiger partial charge in [-0.25, -0.2) is 9.37 Å². The van der Waals surface area contributed by atoms with Gasteiger partial charge in [-0.2, -0.15) is 0 Å². The Labute approximate surface area is 120 Å². The van der Waals surface area contributed by atoms with Gasteiger partial charge in [0.2, 0.25) is 5.88 Å². The van der Waals surface area contributed by atoms with E-state index in [1.54, 1.807) is 12.3 Å². The monoisotopic (exact) mass is 288 g/mol. The number of nitrogens with zero attached hydrogens (tertiary/aromatic N) is 2. The summed E-state index contributed by atoms with van der Waals surface area (Å²) in [6, 6.07) is 10.7. The summed E-state index contributed by atoms with van der Waals surface area (Å²) in [5, 5.41) is 0.958. The zero-order valence-corrected chi connectivity index (χ0v) is 11.1. The van der Waals surface area contributed by atoms with Gasteiger partial charge in [-0.1, -0.05) is 18.2 Å². The van der Waals surface area contributed by atoms with E-state index in [1.165, 1.54) is 6.07 Å². The molecule has 20 heavy (non-hydrogen) atoms. The van der Waals surface area contributed by atoms with E-state index in [1.807, 2.05) is 24.3 Å². The minimum Gasteiger partial charge on any atom is -0.436 e. The summed E-state index contributed by atoms with van der Waals surface area (Å²) in [5.41, 5.74) is 1.22. The molecule has 0 aliphatic heterocycles. The number of para-hydroxylation sites is 1. The fourth-order valence-electron chi connectivity index (χ4n) is 1.92. The lowest BCUT2D eigenvalue weighted by atomic mass is 10.2. The van der Waals surface area contributed by atoms with Crippen LogP contribution in [0.5, 0.6) is 11.6 Å². The van der Waals surface area contributed by atoms with Gasteiger partial charge in [0.05, 0.1) is 12.1 Å². The van der Waals surface area contributed by atoms with Crippen LogP contribution in [0.1, 0.15) is 5.56 Å². The SMILES string of the molecule is Fc1cnc(Oc2cccc3cccnc23)c(CCl)c1. The van der Waals surface area contributed by atoms with Crippen molar-refractivity contribution in [1.29, 1.82) is 0 Å². The number of hydrogen-bond donors (Lipinski definition) is 0. The zero-order chi connectivity index (χ0) is 13.9. The molecule has 0 saturated carbocycles. The quantitative estimate of drug-likeness (QED) is 0.674. The van der Waals surface area contributed by atoms with Crippen LogP contribution in [0.15, 0.2) is 48.8 Å². The molecule has 0 radical (unpaired) electrons. The van der Waals surface area contributed by atoms with E-state index in [4.69, 9.17) is 16.3 Å². The summed E-state index contributed by atoms with van der Waals surface area (Å²) in [7, 11) is 0. The maximum Gasteiger partial charge on any atom is 0.223 e. The average molecular weight is 289 g/mol. The lowest BCUT2D eigenvalue weighted by Crippen LogP contribution is -1.95. The minimum atomic E-state index is -0.441. The molecular formula is C15H10ClFN2O. The van der Waals surface area contributed by atoms with Crippen molar-refractivity contribution >= 4 is 22.5 Å². The van der Waals surface area contributed by atoms with Gasteiger partial charge >= 0.3 is 0 Å². The average Bonchev–Trinajstić information content (AvgIpc) is 2.49. The number of rotatable bonds is 3. The van der Waals surface area contributed by atoms with Crippen molar-refractivity contribution in [1.82, 2.24) is 9.97 Å². The molecule has 0 fully saturated rings. The van der Waals surface area contributed by atoms with Gasteiger partial charge in [0.1, 0.15) is 11.3 Å². The molecule has 3 aromatic rings. The van der Waals surface area contributed by atoms with E-state index in [2.05, 4.69) is 9.97 Å². The molecule has 0 N–H and O–H groups in total. The number of pyridine rings is 2. The Balaban J connectivity index is 2.05. The second-order valence-corrected chi connectivity index (χ2v) is 4.45. The molecule has 1 aromatic carbocycles. The lowest BCUT2D eigenvalue weighted by molar-refractivity contribution is 0.458. The predicted octanol–water partition coefficient (Wildman–Crippen LogP) is 4.30. The van der Waals surface area contributed by atoms with Crippen molar-refractivity contribution in [3.8, 4) is 11.6 Å². The molecule has 2 aromatic heterocycles. The second kappa shape index (κ2) is 5.43. The van der Waals surface area contributed by atoms with E-state index in [-0.39, 0.29) is 5.88 Å². The Morgan fingerprint density at radius 3 is 2.85 bits per heavy atom. The van der Waals surface area contributed by atoms with Crippen LogP contribution >= 0.6 is 11.6 Å². The predicted molar refractivity (Wildman–Crippen MR) is 75.6 cm³/mol. The Morgan fingerprint density at radius 2 is 2.00 bits per heavy atom. The molecule has 0 saturated heterocycles. The fourth-order valence-corrected chi connectivity index (χ4v) is 2.11. The molecule has 0 atom stereocenters. The first-order valence-electron chi connectivity index (χ1n) is 6.00. The number of halogens is 2. The molecule has 5 heteroatoms. The van der Waals surface area contributed by atoms with Crippen molar-refractivity contribution in [3.63, 3.8) is 0 Å². The van der Waals surface area contributed by atoms with E-state index in [0.29, 0.717) is 17.2 Å². The third-order valence-corrected chi connectivity index (χ3v) is 3.13. The summed E-state index contributed by atoms with van der Waals surface area (Å²) >= 11 is 5.79. The number of aromatic nitrogens is 2. The van der Waals surface area contributed by atoms with Crippen LogP contribution < -0.4 is 4.74 Å². The first-order chi connectivity index (χ1) is 9.78. The van der Waals surface area contributed by atoms with E-state index in [9.17, 15) is 4.39 Å². The Bertz CT molecular complexity index is 758. The number of alkyl halides is 1. The van der Waals surface area contributed by atoms with Gasteiger partial charge in [0.15, 0.2) is 5.75 Å². The van der Waals surface area contributed by atoms with Crippen LogP contribution in [-0.2, 0) is 5.88 Å². The van der Waals surface area contributed by atoms with E-state index < -0.39 is 5.82 Å². The number of ether oxygens (including phenoxy) is 1. The normalized spacial score (nSPS) is 10.7. The van der Waals surface area contributed by atoms with Gasteiger partial charge in [0, 0.05) is 17.1 Å². The largest absolute Gasteiger partial charge is 0.436 e. The van der Waals surface area contributed by atoms with Gasteiger partial charge in [-0.3, -0.25) is 4.98 Å². The van der Waals surface area contributed by atoms with E-state index in [0.717, 1.165) is 17.1 Å². The van der Waals surface area contributed by atoms with Gasteiger partial charge in [0.25, 0.3) is 0 Å². The Kier molecular flexibility index (Phi) is 3.48. The summed E-state index contributed by atoms with van der Waals surface area (Å²) < 4.78 is 18.9. The first kappa shape index (κ1) is 12.8. The minimum absolute atomic E-state index is 0.123. The standard InChI is InChI=1S/C15H10ClFN2O/c16-8-11-7-12(17)9-19-15(11)20-13-5-1-3-10-4-2-6-18-14(10)13/h1-7,9H,8H2. The molecule has 0 bridgehead atoms. The third-order valence-electron chi connectivity index (χ3n) is 2.84. The van der Waals surface area contributed by atoms with Crippen molar-refractivity contribution in [2.75, 3.05) is 0 Å². The number of benzene rings is 1. The van der Waals surface area contributed by atoms with Crippen molar-refractivity contribution in [2.45, 2.75) is 5.88 Å². The van der Waals surface area contributed by atoms with Crippen LogP contribution in [0.25, 0.3) is 10.9 Å². The summed E-state index contributed by atoms with van der Waals surface area (Å²) in [4.78, 5) is 8.23. The molecule has 3 nitrogen and oxygen atoms in total. The van der Waals surface area contributed by atoms with Crippen LogP contribution in [0.2, 0.25) is 0 Å². The molecule has 0 aliphatic carbocycles. The topological polar surface area (TPSA) is 35.0 Å².